The van der Waals surface area contributed by atoms with Crippen molar-refractivity contribution in [3.05, 3.63) is 95.8 Å². The van der Waals surface area contributed by atoms with Crippen LogP contribution in [0.1, 0.15) is 15.9 Å². The average molecular weight is 454 g/mol. The number of nitrogens with one attached hydrogen (secondary N) is 2. The summed E-state index contributed by atoms with van der Waals surface area (Å²) < 4.78 is 2.39. The van der Waals surface area contributed by atoms with Gasteiger partial charge in [-0.1, -0.05) is 17.7 Å². The highest BCUT2D eigenvalue weighted by Crippen LogP contribution is 2.24. The first-order valence-corrected chi connectivity index (χ1v) is 9.72. The van der Waals surface area contributed by atoms with Gasteiger partial charge in [-0.15, -0.1) is 0 Å². The number of benzene rings is 2. The van der Waals surface area contributed by atoms with E-state index in [0.717, 1.165) is 4.57 Å². The van der Waals surface area contributed by atoms with Crippen molar-refractivity contribution < 1.29 is 9.72 Å². The van der Waals surface area contributed by atoms with Crippen LogP contribution in [-0.2, 0) is 7.05 Å². The number of rotatable bonds is 4. The molecule has 0 unspecified atom stereocenters. The van der Waals surface area contributed by atoms with E-state index in [1.54, 1.807) is 26.1 Å². The summed E-state index contributed by atoms with van der Waals surface area (Å²) in [7, 11) is 1.57. The summed E-state index contributed by atoms with van der Waals surface area (Å²) >= 11 is 5.88. The van der Waals surface area contributed by atoms with E-state index in [2.05, 4.69) is 10.3 Å². The van der Waals surface area contributed by atoms with E-state index in [9.17, 15) is 24.5 Å². The Bertz CT molecular complexity index is 1510. The summed E-state index contributed by atoms with van der Waals surface area (Å²) in [5, 5.41) is 14.1. The molecule has 4 rings (SSSR count). The van der Waals surface area contributed by atoms with Gasteiger partial charge in [-0.3, -0.25) is 19.7 Å². The van der Waals surface area contributed by atoms with Gasteiger partial charge < -0.3 is 14.9 Å². The third-order valence-electron chi connectivity index (χ3n) is 5.03. The van der Waals surface area contributed by atoms with E-state index in [-0.39, 0.29) is 28.0 Å². The van der Waals surface area contributed by atoms with Crippen molar-refractivity contribution in [1.82, 2.24) is 14.1 Å². The molecule has 0 radical (unpaired) electrons. The first-order valence-electron chi connectivity index (χ1n) is 9.34. The SMILES string of the molecule is Cc1ccc([N+](=O)[O-])cc1NC(=O)c1cn(C)c2c(=O)n(-c3ccc(Cl)cc3)c(=O)[nH]c12. The fourth-order valence-electron chi connectivity index (χ4n) is 3.42. The first kappa shape index (κ1) is 21.1. The molecule has 0 fully saturated rings. The Kier molecular flexibility index (Phi) is 5.15. The van der Waals surface area contributed by atoms with E-state index < -0.39 is 22.1 Å². The van der Waals surface area contributed by atoms with Crippen molar-refractivity contribution in [1.29, 1.82) is 0 Å². The van der Waals surface area contributed by atoms with Crippen molar-refractivity contribution in [2.75, 3.05) is 5.32 Å². The second-order valence-electron chi connectivity index (χ2n) is 7.13. The largest absolute Gasteiger partial charge is 0.344 e. The highest BCUT2D eigenvalue weighted by atomic mass is 35.5. The average Bonchev–Trinajstić information content (AvgIpc) is 3.07. The minimum Gasteiger partial charge on any atom is -0.344 e. The molecule has 1 amide bonds. The standard InChI is InChI=1S/C21H16ClN5O5/c1-11-3-6-14(27(31)32)9-16(11)23-19(28)15-10-25(2)18-17(15)24-21(30)26(20(18)29)13-7-4-12(22)5-8-13/h3-10H,1-2H3,(H,23,28)(H,24,30). The van der Waals surface area contributed by atoms with Crippen molar-refractivity contribution >= 4 is 39.9 Å². The Morgan fingerprint density at radius 1 is 1.16 bits per heavy atom. The molecule has 0 aliphatic carbocycles. The van der Waals surface area contributed by atoms with Crippen molar-refractivity contribution in [3.8, 4) is 5.69 Å². The van der Waals surface area contributed by atoms with Gasteiger partial charge in [0, 0.05) is 30.4 Å². The molecule has 11 heteroatoms. The number of aromatic nitrogens is 3. The maximum absolute atomic E-state index is 13.1. The molecule has 0 bridgehead atoms. The van der Waals surface area contributed by atoms with Gasteiger partial charge in [0.05, 0.1) is 27.4 Å². The van der Waals surface area contributed by atoms with Crippen molar-refractivity contribution in [2.24, 2.45) is 7.05 Å². The molecule has 0 spiro atoms. The lowest BCUT2D eigenvalue weighted by molar-refractivity contribution is -0.384. The van der Waals surface area contributed by atoms with Gasteiger partial charge >= 0.3 is 5.69 Å². The number of H-pyrrole nitrogens is 1. The second-order valence-corrected chi connectivity index (χ2v) is 7.57. The first-order chi connectivity index (χ1) is 15.2. The van der Waals surface area contributed by atoms with E-state index in [1.807, 2.05) is 0 Å². The van der Waals surface area contributed by atoms with Crippen LogP contribution in [0.5, 0.6) is 0 Å². The Balaban J connectivity index is 1.82. The van der Waals surface area contributed by atoms with Crippen LogP contribution in [0.15, 0.2) is 58.3 Å². The number of aromatic amines is 1. The predicted octanol–water partition coefficient (Wildman–Crippen LogP) is 3.14. The van der Waals surface area contributed by atoms with Gasteiger partial charge in [0.1, 0.15) is 5.52 Å². The molecular formula is C21H16ClN5O5. The summed E-state index contributed by atoms with van der Waals surface area (Å²) in [5.41, 5.74) is -0.110. The number of halogens is 1. The Labute approximate surface area is 184 Å². The fraction of sp³-hybridized carbons (Fsp3) is 0.0952. The zero-order valence-electron chi connectivity index (χ0n) is 16.9. The molecular weight excluding hydrogens is 438 g/mol. The monoisotopic (exact) mass is 453 g/mol. The topological polar surface area (TPSA) is 132 Å². The smallest absolute Gasteiger partial charge is 0.333 e. The zero-order valence-corrected chi connectivity index (χ0v) is 17.6. The third-order valence-corrected chi connectivity index (χ3v) is 5.28. The number of amides is 1. The normalized spacial score (nSPS) is 11.0. The molecule has 0 aliphatic heterocycles. The summed E-state index contributed by atoms with van der Waals surface area (Å²) in [4.78, 5) is 51.8. The van der Waals surface area contributed by atoms with Gasteiger partial charge in [0.15, 0.2) is 0 Å². The highest BCUT2D eigenvalue weighted by molar-refractivity contribution is 6.30. The van der Waals surface area contributed by atoms with Crippen molar-refractivity contribution in [3.63, 3.8) is 0 Å². The van der Waals surface area contributed by atoms with E-state index in [1.165, 1.54) is 41.1 Å². The molecule has 162 valence electrons. The molecule has 32 heavy (non-hydrogen) atoms. The summed E-state index contributed by atoms with van der Waals surface area (Å²) in [6.07, 6.45) is 1.41. The maximum Gasteiger partial charge on any atom is 0.333 e. The third kappa shape index (κ3) is 3.56. The Morgan fingerprint density at radius 3 is 2.50 bits per heavy atom. The number of nitrogens with zero attached hydrogens (tertiary/aromatic N) is 3. The molecule has 4 aromatic rings. The molecule has 0 saturated carbocycles. The molecule has 2 aromatic heterocycles. The molecule has 2 aromatic carbocycles. The lowest BCUT2D eigenvalue weighted by Gasteiger charge is -2.08. The number of carbonyl (C=O) groups is 1. The van der Waals surface area contributed by atoms with Gasteiger partial charge in [0.2, 0.25) is 0 Å². The molecule has 2 N–H and O–H groups in total. The molecule has 0 aliphatic rings. The molecule has 10 nitrogen and oxygen atoms in total. The van der Waals surface area contributed by atoms with Gasteiger partial charge in [0.25, 0.3) is 17.2 Å². The summed E-state index contributed by atoms with van der Waals surface area (Å²) in [6, 6.07) is 10.3. The number of non-ortho nitro benzene ring substituents is 1. The van der Waals surface area contributed by atoms with E-state index in [0.29, 0.717) is 16.3 Å². The number of anilines is 1. The highest BCUT2D eigenvalue weighted by Gasteiger charge is 2.21. The van der Waals surface area contributed by atoms with Crippen LogP contribution >= 0.6 is 11.6 Å². The second kappa shape index (κ2) is 7.82. The Hall–Kier alpha value is -4.18. The fourth-order valence-corrected chi connectivity index (χ4v) is 3.54. The molecule has 0 atom stereocenters. The zero-order chi connectivity index (χ0) is 23.2. The van der Waals surface area contributed by atoms with Crippen LogP contribution in [0.3, 0.4) is 0 Å². The number of hydrogen-bond acceptors (Lipinski definition) is 5. The quantitative estimate of drug-likeness (QED) is 0.362. The van der Waals surface area contributed by atoms with Crippen LogP contribution in [0, 0.1) is 17.0 Å². The van der Waals surface area contributed by atoms with Crippen LogP contribution in [0.2, 0.25) is 5.02 Å². The number of nitro groups is 1. The van der Waals surface area contributed by atoms with E-state index >= 15 is 0 Å². The van der Waals surface area contributed by atoms with Gasteiger partial charge in [-0.25, -0.2) is 9.36 Å². The van der Waals surface area contributed by atoms with Gasteiger partial charge in [-0.2, -0.15) is 0 Å². The summed E-state index contributed by atoms with van der Waals surface area (Å²) in [6.45, 7) is 1.69. The Morgan fingerprint density at radius 2 is 1.84 bits per heavy atom. The van der Waals surface area contributed by atoms with Crippen molar-refractivity contribution in [2.45, 2.75) is 6.92 Å². The van der Waals surface area contributed by atoms with Crippen LogP contribution in [-0.4, -0.2) is 24.9 Å². The number of hydrogen-bond donors (Lipinski definition) is 2. The van der Waals surface area contributed by atoms with Crippen LogP contribution in [0.4, 0.5) is 11.4 Å². The summed E-state index contributed by atoms with van der Waals surface area (Å²) in [5.74, 6) is -0.626. The maximum atomic E-state index is 13.1. The predicted molar refractivity (Wildman–Crippen MR) is 120 cm³/mol. The minimum absolute atomic E-state index is 0.0471. The number of fused-ring (bicyclic) bond motifs is 1. The number of aryl methyl sites for hydroxylation is 2. The number of carbonyl (C=O) groups excluding carboxylic acids is 1. The molecule has 0 saturated heterocycles. The lowest BCUT2D eigenvalue weighted by atomic mass is 10.1. The van der Waals surface area contributed by atoms with Gasteiger partial charge in [-0.05, 0) is 36.8 Å². The van der Waals surface area contributed by atoms with Crippen LogP contribution in [0.25, 0.3) is 16.7 Å². The minimum atomic E-state index is -0.725. The molecule has 2 heterocycles. The lowest BCUT2D eigenvalue weighted by Crippen LogP contribution is -2.34. The number of nitro benzene ring substituents is 1. The van der Waals surface area contributed by atoms with E-state index in [4.69, 9.17) is 11.6 Å². The van der Waals surface area contributed by atoms with Crippen LogP contribution < -0.4 is 16.6 Å².